The van der Waals surface area contributed by atoms with Gasteiger partial charge in [-0.1, -0.05) is 38.1 Å². The molecule has 3 amide bonds. The Morgan fingerprint density at radius 3 is 2.36 bits per heavy atom. The van der Waals surface area contributed by atoms with Crippen molar-refractivity contribution in [2.45, 2.75) is 104 Å². The number of hydrogen-bond donors (Lipinski definition) is 1. The van der Waals surface area contributed by atoms with Crippen molar-refractivity contribution < 1.29 is 28.4 Å². The average Bonchev–Trinajstić information content (AvgIpc) is 3.78. The lowest BCUT2D eigenvalue weighted by atomic mass is 9.91. The molecule has 0 spiro atoms. The number of piperidine rings is 1. The number of aromatic nitrogens is 2. The van der Waals surface area contributed by atoms with Crippen molar-refractivity contribution in [1.82, 2.24) is 25.3 Å². The third kappa shape index (κ3) is 8.33. The number of likely N-dealkylation sites (tertiary alicyclic amines) is 2. The zero-order valence-corrected chi connectivity index (χ0v) is 29.3. The summed E-state index contributed by atoms with van der Waals surface area (Å²) in [6.07, 6.45) is 2.16. The minimum absolute atomic E-state index is 0.0932. The van der Waals surface area contributed by atoms with Crippen LogP contribution in [0.2, 0.25) is 0 Å². The van der Waals surface area contributed by atoms with Gasteiger partial charge in [-0.3, -0.25) is 9.59 Å². The van der Waals surface area contributed by atoms with Crippen LogP contribution in [0.3, 0.4) is 0 Å². The van der Waals surface area contributed by atoms with Gasteiger partial charge in [0.15, 0.2) is 5.76 Å². The largest absolute Gasteiger partial charge is 0.472 e. The Labute approximate surface area is 281 Å². The Hall–Kier alpha value is -3.93. The predicted octanol–water partition coefficient (Wildman–Crippen LogP) is 6.49. The zero-order valence-electron chi connectivity index (χ0n) is 28.4. The molecular weight excluding hydrogens is 618 g/mol. The molecule has 11 nitrogen and oxygen atoms in total. The zero-order chi connectivity index (χ0) is 33.9. The summed E-state index contributed by atoms with van der Waals surface area (Å²) < 4.78 is 17.3. The van der Waals surface area contributed by atoms with Crippen LogP contribution in [-0.4, -0.2) is 75.2 Å². The molecule has 3 atom stereocenters. The first-order valence-electron chi connectivity index (χ1n) is 16.5. The van der Waals surface area contributed by atoms with Crippen molar-refractivity contribution in [2.75, 3.05) is 19.6 Å². The second kappa shape index (κ2) is 14.5. The maximum atomic E-state index is 14.0. The van der Waals surface area contributed by atoms with Crippen LogP contribution >= 0.6 is 11.3 Å². The van der Waals surface area contributed by atoms with E-state index in [4.69, 9.17) is 14.0 Å². The van der Waals surface area contributed by atoms with Crippen molar-refractivity contribution in [3.8, 4) is 16.3 Å². The van der Waals surface area contributed by atoms with Crippen molar-refractivity contribution in [3.05, 3.63) is 52.9 Å². The molecule has 4 heterocycles. The molecular formula is C35H47N5O6S. The third-order valence-corrected chi connectivity index (χ3v) is 9.72. The highest BCUT2D eigenvalue weighted by atomic mass is 32.1. The fourth-order valence-electron chi connectivity index (χ4n) is 6.24. The van der Waals surface area contributed by atoms with Crippen LogP contribution in [0.15, 0.2) is 40.4 Å². The molecule has 2 aliphatic rings. The quantitative estimate of drug-likeness (QED) is 0.275. The van der Waals surface area contributed by atoms with Gasteiger partial charge in [-0.15, -0.1) is 11.3 Å². The molecule has 3 aromatic rings. The molecule has 0 radical (unpaired) electrons. The molecule has 2 saturated heterocycles. The summed E-state index contributed by atoms with van der Waals surface area (Å²) >= 11 is 1.61. The number of aryl methyl sites for hydroxylation is 1. The number of benzene rings is 1. The number of nitrogens with zero attached hydrogens (tertiary/aromatic N) is 4. The van der Waals surface area contributed by atoms with Gasteiger partial charge in [0, 0.05) is 38.5 Å². The summed E-state index contributed by atoms with van der Waals surface area (Å²) in [5.74, 6) is -0.278. The minimum atomic E-state index is -0.609. The van der Waals surface area contributed by atoms with Gasteiger partial charge in [-0.05, 0) is 69.7 Å². The Morgan fingerprint density at radius 2 is 1.74 bits per heavy atom. The van der Waals surface area contributed by atoms with Gasteiger partial charge in [-0.25, -0.2) is 9.78 Å². The van der Waals surface area contributed by atoms with Crippen LogP contribution in [0.1, 0.15) is 96.2 Å². The molecule has 12 heteroatoms. The molecule has 2 aromatic heterocycles. The number of amides is 3. The second-order valence-electron chi connectivity index (χ2n) is 13.9. The first kappa shape index (κ1) is 34.4. The van der Waals surface area contributed by atoms with Gasteiger partial charge < -0.3 is 29.1 Å². The number of hydrogen-bond acceptors (Lipinski definition) is 9. The van der Waals surface area contributed by atoms with E-state index in [1.165, 1.54) is 0 Å². The highest BCUT2D eigenvalue weighted by Gasteiger charge is 2.40. The van der Waals surface area contributed by atoms with Crippen LogP contribution < -0.4 is 10.1 Å². The van der Waals surface area contributed by atoms with Gasteiger partial charge in [0.25, 0.3) is 5.88 Å². The second-order valence-corrected chi connectivity index (χ2v) is 14.7. The van der Waals surface area contributed by atoms with E-state index in [1.54, 1.807) is 27.2 Å². The maximum Gasteiger partial charge on any atom is 0.410 e. The van der Waals surface area contributed by atoms with Gasteiger partial charge in [0.05, 0.1) is 22.1 Å². The Kier molecular flexibility index (Phi) is 10.6. The summed E-state index contributed by atoms with van der Waals surface area (Å²) in [4.78, 5) is 48.8. The summed E-state index contributed by atoms with van der Waals surface area (Å²) in [6.45, 7) is 15.0. The number of carbonyl (C=O) groups excluding carboxylic acids is 3. The lowest BCUT2D eigenvalue weighted by Crippen LogP contribution is -2.48. The van der Waals surface area contributed by atoms with Gasteiger partial charge in [-0.2, -0.15) is 0 Å². The smallest absolute Gasteiger partial charge is 0.410 e. The molecule has 0 saturated carbocycles. The third-order valence-electron chi connectivity index (χ3n) is 8.74. The van der Waals surface area contributed by atoms with E-state index in [2.05, 4.69) is 27.6 Å². The van der Waals surface area contributed by atoms with Crippen molar-refractivity contribution in [3.63, 3.8) is 0 Å². The van der Waals surface area contributed by atoms with Crippen LogP contribution in [0.25, 0.3) is 10.4 Å². The maximum absolute atomic E-state index is 14.0. The number of thiazole rings is 1. The molecule has 1 aromatic carbocycles. The van der Waals surface area contributed by atoms with Gasteiger partial charge in [0.2, 0.25) is 11.8 Å². The Morgan fingerprint density at radius 1 is 1.04 bits per heavy atom. The molecule has 5 rings (SSSR count). The molecule has 0 aliphatic carbocycles. The van der Waals surface area contributed by atoms with Gasteiger partial charge >= 0.3 is 6.09 Å². The van der Waals surface area contributed by atoms with Crippen LogP contribution in [-0.2, 0) is 14.3 Å². The van der Waals surface area contributed by atoms with E-state index in [0.29, 0.717) is 50.5 Å². The monoisotopic (exact) mass is 665 g/mol. The van der Waals surface area contributed by atoms with Crippen molar-refractivity contribution in [2.24, 2.45) is 5.92 Å². The molecule has 0 bridgehead atoms. The van der Waals surface area contributed by atoms with Crippen LogP contribution in [0.5, 0.6) is 5.88 Å². The predicted molar refractivity (Wildman–Crippen MR) is 179 cm³/mol. The lowest BCUT2D eigenvalue weighted by molar-refractivity contribution is -0.141. The van der Waals surface area contributed by atoms with Gasteiger partial charge in [0.1, 0.15) is 23.7 Å². The fraction of sp³-hybridized carbons (Fsp3) is 0.571. The van der Waals surface area contributed by atoms with E-state index in [9.17, 15) is 14.4 Å². The van der Waals surface area contributed by atoms with Crippen LogP contribution in [0.4, 0.5) is 4.79 Å². The summed E-state index contributed by atoms with van der Waals surface area (Å²) in [5, 5.41) is 7.26. The molecule has 254 valence electrons. The summed E-state index contributed by atoms with van der Waals surface area (Å²) in [5.41, 5.74) is 4.39. The topological polar surface area (TPSA) is 127 Å². The van der Waals surface area contributed by atoms with Crippen LogP contribution in [0, 0.1) is 12.8 Å². The standard InChI is InChI=1S/C35H47N5O6S/c1-21(2)30(28-19-29(38-46-28)44-26-14-17-39(18-15-26)34(43)45-35(5,6)7)33(42)40-16-8-9-27(40)32(41)37-22(3)24-10-12-25(13-11-24)31-23(4)36-20-47-31/h10-13,19-22,26-27,30H,8-9,14-18H2,1-7H3,(H,37,41). The highest BCUT2D eigenvalue weighted by molar-refractivity contribution is 7.13. The van der Waals surface area contributed by atoms with E-state index < -0.39 is 17.6 Å². The van der Waals surface area contributed by atoms with Crippen molar-refractivity contribution >= 4 is 29.2 Å². The Balaban J connectivity index is 1.18. The molecule has 1 N–H and O–H groups in total. The van der Waals surface area contributed by atoms with E-state index in [0.717, 1.165) is 28.1 Å². The fourth-order valence-corrected chi connectivity index (χ4v) is 7.05. The van der Waals surface area contributed by atoms with Crippen molar-refractivity contribution in [1.29, 1.82) is 0 Å². The van der Waals surface area contributed by atoms with E-state index in [-0.39, 0.29) is 36.0 Å². The highest BCUT2D eigenvalue weighted by Crippen LogP contribution is 2.33. The molecule has 47 heavy (non-hydrogen) atoms. The number of carbonyl (C=O) groups is 3. The lowest BCUT2D eigenvalue weighted by Gasteiger charge is -2.33. The molecule has 2 fully saturated rings. The normalized spacial score (nSPS) is 18.7. The first-order valence-corrected chi connectivity index (χ1v) is 17.4. The number of ether oxygens (including phenoxy) is 2. The molecule has 2 aliphatic heterocycles. The minimum Gasteiger partial charge on any atom is -0.472 e. The SMILES string of the molecule is Cc1ncsc1-c1ccc(C(C)NC(=O)C2CCCN2C(=O)C(c2cc(OC3CCN(C(=O)OC(C)(C)C)CC3)no2)C(C)C)cc1. The number of nitrogens with one attached hydrogen (secondary N) is 1. The molecule has 3 unspecified atom stereocenters. The average molecular weight is 666 g/mol. The summed E-state index contributed by atoms with van der Waals surface area (Å²) in [7, 11) is 0. The first-order chi connectivity index (χ1) is 22.3. The number of rotatable bonds is 9. The van der Waals surface area contributed by atoms with E-state index in [1.807, 2.05) is 66.1 Å². The van der Waals surface area contributed by atoms with E-state index >= 15 is 0 Å². The summed E-state index contributed by atoms with van der Waals surface area (Å²) in [6, 6.07) is 9.08. The Bertz CT molecular complexity index is 1540.